The predicted octanol–water partition coefficient (Wildman–Crippen LogP) is 1.70. The number of hydrogen-bond acceptors (Lipinski definition) is 5. The van der Waals surface area contributed by atoms with Gasteiger partial charge < -0.3 is 5.84 Å². The number of alkyl halides is 3. The average Bonchev–Trinajstić information content (AvgIpc) is 2.69. The summed E-state index contributed by atoms with van der Waals surface area (Å²) in [5.41, 5.74) is 0.860. The van der Waals surface area contributed by atoms with Crippen molar-refractivity contribution in [2.45, 2.75) is 17.1 Å². The van der Waals surface area contributed by atoms with Crippen LogP contribution in [0.2, 0.25) is 0 Å². The van der Waals surface area contributed by atoms with Crippen molar-refractivity contribution >= 4 is 11.8 Å². The number of aromatic nitrogens is 4. The van der Waals surface area contributed by atoms with E-state index in [2.05, 4.69) is 15.2 Å². The quantitative estimate of drug-likeness (QED) is 0.682. The third kappa shape index (κ3) is 2.73. The molecule has 0 saturated heterocycles. The molecule has 9 heteroatoms. The standard InChI is InChI=1S/C9H8F3N5S/c10-9(11,12)7-15-16-8(17(7)13)18-5-6-2-1-3-14-4-6/h1-4H,5,13H2. The fraction of sp³-hybridized carbons (Fsp3) is 0.222. The maximum absolute atomic E-state index is 12.4. The lowest BCUT2D eigenvalue weighted by Gasteiger charge is -2.05. The van der Waals surface area contributed by atoms with Gasteiger partial charge in [0.05, 0.1) is 0 Å². The number of halogens is 3. The Kier molecular flexibility index (Phi) is 3.41. The molecule has 0 saturated carbocycles. The van der Waals surface area contributed by atoms with Crippen LogP contribution in [0.5, 0.6) is 0 Å². The SMILES string of the molecule is Nn1c(SCc2cccnc2)nnc1C(F)(F)F. The van der Waals surface area contributed by atoms with Crippen molar-refractivity contribution < 1.29 is 13.2 Å². The molecule has 0 aliphatic rings. The molecule has 2 heterocycles. The van der Waals surface area contributed by atoms with Gasteiger partial charge in [0.25, 0.3) is 5.82 Å². The summed E-state index contributed by atoms with van der Waals surface area (Å²) in [4.78, 5) is 3.90. The Morgan fingerprint density at radius 2 is 2.11 bits per heavy atom. The molecule has 0 spiro atoms. The summed E-state index contributed by atoms with van der Waals surface area (Å²) in [7, 11) is 0. The zero-order chi connectivity index (χ0) is 13.2. The minimum atomic E-state index is -4.60. The van der Waals surface area contributed by atoms with Gasteiger partial charge in [-0.25, -0.2) is 4.68 Å². The van der Waals surface area contributed by atoms with E-state index in [9.17, 15) is 13.2 Å². The molecule has 0 unspecified atom stereocenters. The number of nitrogens with two attached hydrogens (primary N) is 1. The summed E-state index contributed by atoms with van der Waals surface area (Å²) in [5, 5.41) is 6.44. The molecule has 0 aromatic carbocycles. The lowest BCUT2D eigenvalue weighted by atomic mass is 10.3. The van der Waals surface area contributed by atoms with E-state index in [0.717, 1.165) is 17.3 Å². The summed E-state index contributed by atoms with van der Waals surface area (Å²) >= 11 is 1.06. The van der Waals surface area contributed by atoms with E-state index >= 15 is 0 Å². The normalized spacial score (nSPS) is 11.7. The van der Waals surface area contributed by atoms with Gasteiger partial charge in [-0.3, -0.25) is 4.98 Å². The number of hydrogen-bond donors (Lipinski definition) is 1. The predicted molar refractivity (Wildman–Crippen MR) is 59.0 cm³/mol. The van der Waals surface area contributed by atoms with Crippen molar-refractivity contribution in [3.63, 3.8) is 0 Å². The molecule has 0 fully saturated rings. The molecule has 0 amide bonds. The van der Waals surface area contributed by atoms with Crippen molar-refractivity contribution in [3.8, 4) is 0 Å². The first-order valence-electron chi connectivity index (χ1n) is 4.78. The topological polar surface area (TPSA) is 69.6 Å². The molecule has 0 aliphatic heterocycles. The Bertz CT molecular complexity index is 525. The van der Waals surface area contributed by atoms with Crippen molar-refractivity contribution in [1.82, 2.24) is 19.9 Å². The molecular weight excluding hydrogens is 267 g/mol. The molecule has 18 heavy (non-hydrogen) atoms. The molecule has 2 aromatic heterocycles. The Balaban J connectivity index is 2.10. The smallest absolute Gasteiger partial charge is 0.335 e. The van der Waals surface area contributed by atoms with Crippen molar-refractivity contribution in [2.24, 2.45) is 0 Å². The minimum Gasteiger partial charge on any atom is -0.335 e. The van der Waals surface area contributed by atoms with Gasteiger partial charge in [-0.2, -0.15) is 13.2 Å². The molecule has 2 N–H and O–H groups in total. The van der Waals surface area contributed by atoms with E-state index in [1.54, 1.807) is 18.5 Å². The van der Waals surface area contributed by atoms with Gasteiger partial charge in [0, 0.05) is 18.1 Å². The Morgan fingerprint density at radius 1 is 1.33 bits per heavy atom. The molecule has 5 nitrogen and oxygen atoms in total. The highest BCUT2D eigenvalue weighted by molar-refractivity contribution is 7.98. The van der Waals surface area contributed by atoms with E-state index in [1.165, 1.54) is 0 Å². The molecule has 96 valence electrons. The number of nitrogens with zero attached hydrogens (tertiary/aromatic N) is 4. The second-order valence-electron chi connectivity index (χ2n) is 3.32. The van der Waals surface area contributed by atoms with Crippen LogP contribution < -0.4 is 5.84 Å². The van der Waals surface area contributed by atoms with Crippen LogP contribution in [0.25, 0.3) is 0 Å². The summed E-state index contributed by atoms with van der Waals surface area (Å²) in [6.07, 6.45) is -1.37. The first-order chi connectivity index (χ1) is 8.48. The van der Waals surface area contributed by atoms with Crippen LogP contribution in [0.15, 0.2) is 29.7 Å². The number of rotatable bonds is 3. The average molecular weight is 275 g/mol. The van der Waals surface area contributed by atoms with Crippen LogP contribution in [0.4, 0.5) is 13.2 Å². The highest BCUT2D eigenvalue weighted by atomic mass is 32.2. The number of nitrogen functional groups attached to an aromatic ring is 1. The molecule has 0 aliphatic carbocycles. The highest BCUT2D eigenvalue weighted by Crippen LogP contribution is 2.29. The van der Waals surface area contributed by atoms with E-state index in [4.69, 9.17) is 5.84 Å². The molecule has 0 atom stereocenters. The summed E-state index contributed by atoms with van der Waals surface area (Å²) in [6.45, 7) is 0. The second-order valence-corrected chi connectivity index (χ2v) is 4.27. The Hall–Kier alpha value is -1.77. The molecule has 2 aromatic rings. The van der Waals surface area contributed by atoms with Gasteiger partial charge in [-0.05, 0) is 11.6 Å². The largest absolute Gasteiger partial charge is 0.453 e. The summed E-state index contributed by atoms with van der Waals surface area (Å²) < 4.78 is 37.7. The van der Waals surface area contributed by atoms with E-state index in [1.807, 2.05) is 6.07 Å². The third-order valence-electron chi connectivity index (χ3n) is 2.01. The zero-order valence-corrected chi connectivity index (χ0v) is 9.74. The summed E-state index contributed by atoms with van der Waals surface area (Å²) in [6, 6.07) is 3.55. The van der Waals surface area contributed by atoms with Crippen LogP contribution in [-0.2, 0) is 11.9 Å². The Morgan fingerprint density at radius 3 is 2.67 bits per heavy atom. The number of thioether (sulfide) groups is 1. The van der Waals surface area contributed by atoms with Crippen LogP contribution in [-0.4, -0.2) is 19.9 Å². The van der Waals surface area contributed by atoms with Crippen LogP contribution in [0.1, 0.15) is 11.4 Å². The highest BCUT2D eigenvalue weighted by Gasteiger charge is 2.38. The van der Waals surface area contributed by atoms with Crippen LogP contribution >= 0.6 is 11.8 Å². The fourth-order valence-electron chi connectivity index (χ4n) is 1.20. The van der Waals surface area contributed by atoms with E-state index in [-0.39, 0.29) is 5.16 Å². The van der Waals surface area contributed by atoms with Crippen LogP contribution in [0, 0.1) is 0 Å². The maximum atomic E-state index is 12.4. The van der Waals surface area contributed by atoms with Gasteiger partial charge in [-0.1, -0.05) is 17.8 Å². The second kappa shape index (κ2) is 4.84. The van der Waals surface area contributed by atoms with E-state index < -0.39 is 12.0 Å². The third-order valence-corrected chi connectivity index (χ3v) is 3.02. The van der Waals surface area contributed by atoms with Gasteiger partial charge in [0.1, 0.15) is 0 Å². The van der Waals surface area contributed by atoms with Crippen molar-refractivity contribution in [2.75, 3.05) is 5.84 Å². The monoisotopic (exact) mass is 275 g/mol. The maximum Gasteiger partial charge on any atom is 0.453 e. The zero-order valence-electron chi connectivity index (χ0n) is 8.92. The fourth-order valence-corrected chi connectivity index (χ4v) is 1.99. The first-order valence-corrected chi connectivity index (χ1v) is 5.76. The molecule has 0 bridgehead atoms. The lowest BCUT2D eigenvalue weighted by molar-refractivity contribution is -0.146. The van der Waals surface area contributed by atoms with Gasteiger partial charge in [0.15, 0.2) is 0 Å². The number of pyridine rings is 1. The van der Waals surface area contributed by atoms with Gasteiger partial charge in [-0.15, -0.1) is 10.2 Å². The van der Waals surface area contributed by atoms with Gasteiger partial charge in [0.2, 0.25) is 5.16 Å². The van der Waals surface area contributed by atoms with Crippen LogP contribution in [0.3, 0.4) is 0 Å². The van der Waals surface area contributed by atoms with Crippen molar-refractivity contribution in [1.29, 1.82) is 0 Å². The minimum absolute atomic E-state index is 0.00572. The molecule has 0 radical (unpaired) electrons. The lowest BCUT2D eigenvalue weighted by Crippen LogP contribution is -2.21. The van der Waals surface area contributed by atoms with E-state index in [0.29, 0.717) is 10.4 Å². The van der Waals surface area contributed by atoms with Gasteiger partial charge >= 0.3 is 6.18 Å². The Labute approximate surface area is 104 Å². The van der Waals surface area contributed by atoms with Crippen molar-refractivity contribution in [3.05, 3.63) is 35.9 Å². The molecule has 2 rings (SSSR count). The summed E-state index contributed by atoms with van der Waals surface area (Å²) in [5.74, 6) is 4.49. The first kappa shape index (κ1) is 12.7. The molecular formula is C9H8F3N5S.